The van der Waals surface area contributed by atoms with Gasteiger partial charge in [-0.15, -0.1) is 45.3 Å². The fourth-order valence-electron chi connectivity index (χ4n) is 6.88. The van der Waals surface area contributed by atoms with E-state index in [0.29, 0.717) is 33.9 Å². The van der Waals surface area contributed by atoms with Crippen LogP contribution < -0.4 is 41.7 Å². The lowest BCUT2D eigenvalue weighted by molar-refractivity contribution is 0.0947. The van der Waals surface area contributed by atoms with Gasteiger partial charge in [0, 0.05) is 84.9 Å². The van der Waals surface area contributed by atoms with E-state index < -0.39 is 53.1 Å². The van der Waals surface area contributed by atoms with Crippen LogP contribution in [0.25, 0.3) is 19.4 Å². The Bertz CT molecular complexity index is 4310. The zero-order valence-corrected chi connectivity index (χ0v) is 55.4. The number of hydrazine groups is 4. The maximum absolute atomic E-state index is 12.2. The first kappa shape index (κ1) is 70.3. The number of carbonyl (C=O) groups is 4. The molecule has 0 radical (unpaired) electrons. The maximum atomic E-state index is 12.2. The highest BCUT2D eigenvalue weighted by molar-refractivity contribution is 7.93. The highest BCUT2D eigenvalue weighted by atomic mass is 35.5. The van der Waals surface area contributed by atoms with E-state index in [4.69, 9.17) is 49.5 Å². The zero-order valence-electron chi connectivity index (χ0n) is 47.4. The van der Waals surface area contributed by atoms with Gasteiger partial charge in [-0.1, -0.05) is 59.6 Å². The fraction of sp³-hybridized carbons (Fsp3) is 0.143. The fourth-order valence-corrected chi connectivity index (χ4v) is 15.0. The predicted octanol–water partition coefficient (Wildman–Crippen LogP) is 11.9. The van der Waals surface area contributed by atoms with Gasteiger partial charge in [0.25, 0.3) is 23.6 Å². The van der Waals surface area contributed by atoms with Gasteiger partial charge >= 0.3 is 0 Å². The Balaban J connectivity index is 0.000000214. The molecule has 4 amide bonds. The summed E-state index contributed by atoms with van der Waals surface area (Å²) in [5, 5.41) is 7.35. The molecule has 0 aliphatic heterocycles. The lowest BCUT2D eigenvalue weighted by Crippen LogP contribution is -2.38. The molecule has 0 aliphatic rings. The summed E-state index contributed by atoms with van der Waals surface area (Å²) in [5.74, 6) is -1.64. The standard InChI is InChI=1S/C14H12ClN3O3S2.C14H12ClN3O2S2.C14H13N3O3S2.C14H13N3O2S2/c1-16-11-8-12(22-14(11)23(3,20)21)13(19)17-18(2)10-6-4-9(15)5-7-10;1-16-11-8-12(21-14(11)22(3)20)13(19)17-18(2)10-6-4-9(15)5-7-10;1-15-11-9-12(21-14(11)22(3,19)20)13(18)16-17(2)10-7-5-4-6-8-10;1-15-11-9-12(20-14(11)21(3)19)13(18)16-17(2)10-7-5-4-6-8-10/h4-8H,2-3H3,(H,17,19);4-8H,2-3H3,(H,17,19);4-9H,2-3H3,(H,16,18);4-9H,2-3H3,(H,16,18). The van der Waals surface area contributed by atoms with E-state index in [2.05, 4.69) is 41.1 Å². The smallest absolute Gasteiger partial charge is 0.278 e. The summed E-state index contributed by atoms with van der Waals surface area (Å²) in [5.41, 5.74) is 14.2. The van der Waals surface area contributed by atoms with Crippen molar-refractivity contribution >= 4 is 179 Å². The van der Waals surface area contributed by atoms with Gasteiger partial charge in [-0.05, 0) is 97.1 Å². The van der Waals surface area contributed by atoms with Crippen molar-refractivity contribution in [2.24, 2.45) is 0 Å². The van der Waals surface area contributed by atoms with Crippen LogP contribution in [0.15, 0.2) is 150 Å². The summed E-state index contributed by atoms with van der Waals surface area (Å²) in [6.07, 6.45) is 5.01. The van der Waals surface area contributed by atoms with Crippen molar-refractivity contribution in [3.63, 3.8) is 0 Å². The molecule has 0 saturated carbocycles. The Labute approximate surface area is 539 Å². The summed E-state index contributed by atoms with van der Waals surface area (Å²) in [7, 11) is -2.89. The van der Waals surface area contributed by atoms with Crippen molar-refractivity contribution < 1.29 is 44.4 Å². The lowest BCUT2D eigenvalue weighted by atomic mass is 10.3. The summed E-state index contributed by atoms with van der Waals surface area (Å²) in [4.78, 5) is 62.8. The van der Waals surface area contributed by atoms with Crippen molar-refractivity contribution in [2.45, 2.75) is 16.8 Å². The van der Waals surface area contributed by atoms with Crippen molar-refractivity contribution in [2.75, 3.05) is 73.2 Å². The molecule has 32 heteroatoms. The number of hydrogen-bond donors (Lipinski definition) is 4. The predicted molar refractivity (Wildman–Crippen MR) is 352 cm³/mol. The Morgan fingerprint density at radius 3 is 0.875 bits per heavy atom. The lowest BCUT2D eigenvalue weighted by Gasteiger charge is -2.19. The number of thiophene rings is 4. The number of carbonyl (C=O) groups excluding carboxylic acids is 4. The quantitative estimate of drug-likeness (QED) is 0.0519. The summed E-state index contributed by atoms with van der Waals surface area (Å²) >= 11 is 15.4. The van der Waals surface area contributed by atoms with Gasteiger partial charge in [-0.2, -0.15) is 0 Å². The van der Waals surface area contributed by atoms with E-state index in [-0.39, 0.29) is 52.7 Å². The normalized spacial score (nSPS) is 11.2. The van der Waals surface area contributed by atoms with Gasteiger partial charge in [0.2, 0.25) is 22.7 Å². The molecule has 0 spiro atoms. The van der Waals surface area contributed by atoms with E-state index in [1.54, 1.807) is 86.7 Å². The minimum absolute atomic E-state index is 0.0278. The molecule has 0 bridgehead atoms. The van der Waals surface area contributed by atoms with Crippen molar-refractivity contribution in [1.82, 2.24) is 21.7 Å². The average Bonchev–Trinajstić information content (AvgIpc) is 3.80. The first-order valence-corrected chi connectivity index (χ1v) is 35.3. The van der Waals surface area contributed by atoms with Crippen LogP contribution in [0.4, 0.5) is 45.5 Å². The SMILES string of the molecule is [C-]#[N+]c1cc(C(=O)NN(C)c2ccc(Cl)cc2)sc1S(C)(=O)=O.[C-]#[N+]c1cc(C(=O)NN(C)c2ccc(Cl)cc2)sc1S(C)=O.[C-]#[N+]c1cc(C(=O)NN(C)c2ccccc2)sc1S(C)(=O)=O.[C-]#[N+]c1cc(C(=O)NN(C)c2ccccc2)sc1S(C)=O. The summed E-state index contributed by atoms with van der Waals surface area (Å²) in [6.45, 7) is 28.2. The van der Waals surface area contributed by atoms with Gasteiger partial charge in [-0.25, -0.2) is 36.2 Å². The number of halogens is 2. The molecule has 2 atom stereocenters. The van der Waals surface area contributed by atoms with E-state index in [0.717, 1.165) is 74.9 Å². The van der Waals surface area contributed by atoms with Crippen molar-refractivity contribution in [3.8, 4) is 0 Å². The van der Waals surface area contributed by atoms with E-state index >= 15 is 0 Å². The van der Waals surface area contributed by atoms with Crippen LogP contribution >= 0.6 is 68.5 Å². The highest BCUT2D eigenvalue weighted by Gasteiger charge is 2.25. The molecule has 4 heterocycles. The average molecular weight is 1380 g/mol. The van der Waals surface area contributed by atoms with Gasteiger partial charge < -0.3 is 0 Å². The molecule has 4 N–H and O–H groups in total. The monoisotopic (exact) mass is 1380 g/mol. The number of nitrogens with zero attached hydrogens (tertiary/aromatic N) is 8. The highest BCUT2D eigenvalue weighted by Crippen LogP contribution is 2.37. The summed E-state index contributed by atoms with van der Waals surface area (Å²) in [6, 6.07) is 37.9. The second kappa shape index (κ2) is 31.9. The molecule has 2 unspecified atom stereocenters. The molecular formula is C56H50Cl2N12O10S8. The van der Waals surface area contributed by atoms with Crippen molar-refractivity contribution in [3.05, 3.63) is 209 Å². The number of rotatable bonds is 16. The van der Waals surface area contributed by atoms with Gasteiger partial charge in [0.05, 0.1) is 77.0 Å². The number of hydrogen-bond acceptors (Lipinski definition) is 18. The molecule has 4 aromatic carbocycles. The number of sulfone groups is 2. The maximum Gasteiger partial charge on any atom is 0.278 e. The number of benzene rings is 4. The number of nitrogens with one attached hydrogen (secondary N) is 4. The van der Waals surface area contributed by atoms with Gasteiger partial charge in [0.1, 0.15) is 8.42 Å². The Kier molecular flexibility index (Phi) is 25.5. The molecule has 8 aromatic rings. The van der Waals surface area contributed by atoms with Crippen LogP contribution in [0.3, 0.4) is 0 Å². The third-order valence-corrected chi connectivity index (χ3v) is 22.7. The van der Waals surface area contributed by atoms with Crippen LogP contribution in [0.2, 0.25) is 10.0 Å². The van der Waals surface area contributed by atoms with Crippen LogP contribution in [-0.2, 0) is 41.3 Å². The molecule has 8 rings (SSSR count). The molecule has 0 aliphatic carbocycles. The minimum atomic E-state index is -3.55. The third-order valence-electron chi connectivity index (χ3n) is 11.1. The molecule has 456 valence electrons. The van der Waals surface area contributed by atoms with Crippen LogP contribution in [0.5, 0.6) is 0 Å². The first-order valence-electron chi connectivity index (χ1n) is 24.4. The van der Waals surface area contributed by atoms with E-state index in [9.17, 15) is 44.4 Å². The molecule has 4 aromatic heterocycles. The second-order valence-corrected chi connectivity index (χ2v) is 30.3. The van der Waals surface area contributed by atoms with Gasteiger partial charge in [0.15, 0.2) is 19.7 Å². The first-order chi connectivity index (χ1) is 41.5. The van der Waals surface area contributed by atoms with Crippen LogP contribution in [-0.4, -0.2) is 102 Å². The van der Waals surface area contributed by atoms with E-state index in [1.165, 1.54) is 46.8 Å². The van der Waals surface area contributed by atoms with Crippen LogP contribution in [0.1, 0.15) is 38.7 Å². The third kappa shape index (κ3) is 19.8. The topological polar surface area (TPSA) is 249 Å². The Morgan fingerprint density at radius 2 is 0.659 bits per heavy atom. The number of amides is 4. The largest absolute Gasteiger partial charge is 0.288 e. The Morgan fingerprint density at radius 1 is 0.420 bits per heavy atom. The second-order valence-electron chi connectivity index (χ2n) is 17.7. The molecule has 22 nitrogen and oxygen atoms in total. The van der Waals surface area contributed by atoms with Crippen LogP contribution in [0, 0.1) is 26.3 Å². The minimum Gasteiger partial charge on any atom is -0.288 e. The number of anilines is 4. The molecule has 0 fully saturated rings. The molecule has 88 heavy (non-hydrogen) atoms. The molecule has 0 saturated heterocycles. The Hall–Kier alpha value is -8.50. The zero-order chi connectivity index (χ0) is 65.2. The van der Waals surface area contributed by atoms with Gasteiger partial charge in [-0.3, -0.25) is 69.3 Å². The van der Waals surface area contributed by atoms with E-state index in [1.807, 2.05) is 60.7 Å². The van der Waals surface area contributed by atoms with Crippen molar-refractivity contribution in [1.29, 1.82) is 0 Å². The summed E-state index contributed by atoms with van der Waals surface area (Å²) < 4.78 is 70.3. The molecular weight excluding hydrogens is 1330 g/mol. The number of para-hydroxylation sites is 2.